The number of phenolic OH excluding ortho intramolecular Hbond substituents is 2. The van der Waals surface area contributed by atoms with Gasteiger partial charge in [0.25, 0.3) is 10.1 Å². The molecule has 0 amide bonds. The number of azo groups is 2. The van der Waals surface area contributed by atoms with E-state index in [9.17, 15) is 40.4 Å². The molecule has 0 spiro atoms. The number of aromatic nitrogens is 2. The van der Waals surface area contributed by atoms with Gasteiger partial charge in [-0.15, -0.1) is 20.5 Å². The molecule has 0 radical (unpaired) electrons. The summed E-state index contributed by atoms with van der Waals surface area (Å²) in [5, 5.41) is 43.6. The van der Waals surface area contributed by atoms with Gasteiger partial charge in [-0.25, -0.2) is 8.42 Å². The van der Waals surface area contributed by atoms with Gasteiger partial charge in [-0.3, -0.25) is 4.55 Å². The highest BCUT2D eigenvalue weighted by atomic mass is 32.2. The smallest absolute Gasteiger partial charge is 0.313 e. The minimum Gasteiger partial charge on any atom is -0.506 e. The fourth-order valence-electron chi connectivity index (χ4n) is 4.41. The zero-order valence-electron chi connectivity index (χ0n) is 24.8. The first kappa shape index (κ1) is 33.7. The summed E-state index contributed by atoms with van der Waals surface area (Å²) in [7, 11) is -6.79. The van der Waals surface area contributed by atoms with E-state index >= 15 is 0 Å². The van der Waals surface area contributed by atoms with Gasteiger partial charge in [-0.05, 0) is 54.6 Å². The van der Waals surface area contributed by atoms with E-state index in [1.54, 1.807) is 19.2 Å². The zero-order valence-corrected chi connectivity index (χ0v) is 26.4. The Morgan fingerprint density at radius 3 is 2.15 bits per heavy atom. The quantitative estimate of drug-likeness (QED) is 0.0432. The van der Waals surface area contributed by atoms with Crippen LogP contribution < -0.4 is 10.6 Å². The summed E-state index contributed by atoms with van der Waals surface area (Å²) in [6.45, 7) is 1.47. The number of rotatable bonds is 10. The number of hydrogen-bond donors (Lipinski definition) is 5. The molecule has 0 bridgehead atoms. The van der Waals surface area contributed by atoms with Gasteiger partial charge in [0.1, 0.15) is 39.2 Å². The lowest BCUT2D eigenvalue weighted by Crippen LogP contribution is -2.02. The van der Waals surface area contributed by atoms with Gasteiger partial charge in [-0.2, -0.15) is 27.2 Å². The van der Waals surface area contributed by atoms with Gasteiger partial charge in [0.15, 0.2) is 15.6 Å². The minimum atomic E-state index is -4.81. The Morgan fingerprint density at radius 2 is 1.48 bits per heavy atom. The summed E-state index contributed by atoms with van der Waals surface area (Å²) in [6, 6.07) is 13.8. The number of nitrogens with zero attached hydrogens (tertiary/aromatic N) is 6. The van der Waals surface area contributed by atoms with Gasteiger partial charge in [-0.1, -0.05) is 6.92 Å². The summed E-state index contributed by atoms with van der Waals surface area (Å²) >= 11 is 0. The number of aromatic hydroxyl groups is 2. The second kappa shape index (κ2) is 13.2. The maximum Gasteiger partial charge on any atom is 0.313 e. The molecular formula is C29H24F2N8O7S2. The molecule has 48 heavy (non-hydrogen) atoms. The molecule has 248 valence electrons. The van der Waals surface area contributed by atoms with Gasteiger partial charge < -0.3 is 20.8 Å². The normalized spacial score (nSPS) is 12.3. The Hall–Kier alpha value is -5.66. The van der Waals surface area contributed by atoms with Crippen LogP contribution in [0, 0.1) is 12.0 Å². The van der Waals surface area contributed by atoms with Crippen LogP contribution in [0.4, 0.5) is 48.7 Å². The van der Waals surface area contributed by atoms with Crippen molar-refractivity contribution >= 4 is 70.7 Å². The molecule has 0 atom stereocenters. The number of phenols is 2. The maximum atomic E-state index is 13.5. The van der Waals surface area contributed by atoms with E-state index in [0.29, 0.717) is 11.1 Å². The van der Waals surface area contributed by atoms with Gasteiger partial charge in [0.2, 0.25) is 5.95 Å². The summed E-state index contributed by atoms with van der Waals surface area (Å²) in [6.07, 6.45) is -1.34. The average Bonchev–Trinajstić information content (AvgIpc) is 3.02. The topological polar surface area (TPSA) is 228 Å². The Bertz CT molecular complexity index is 2340. The van der Waals surface area contributed by atoms with Crippen molar-refractivity contribution in [1.82, 2.24) is 9.97 Å². The van der Waals surface area contributed by atoms with Crippen LogP contribution in [0.25, 0.3) is 10.8 Å². The van der Waals surface area contributed by atoms with Crippen LogP contribution in [-0.2, 0) is 20.0 Å². The molecule has 0 aliphatic heterocycles. The molecule has 1 aromatic heterocycles. The molecule has 4 aromatic carbocycles. The van der Waals surface area contributed by atoms with Gasteiger partial charge >= 0.3 is 6.08 Å². The number of anilines is 3. The summed E-state index contributed by atoms with van der Waals surface area (Å²) in [4.78, 5) is 5.61. The molecular weight excluding hydrogens is 674 g/mol. The second-order valence-corrected chi connectivity index (χ2v) is 13.5. The SMILES string of the molecule is CCS(=O)(=O)c1ccc(/N=N/c2ccc3c(/N=N/c4cc(Nc5cc(F)nc(F)n5)ccc4S(=O)(=O)O)c(NC)ccc3c2O)c(O)c1. The van der Waals surface area contributed by atoms with E-state index < -0.39 is 42.6 Å². The van der Waals surface area contributed by atoms with Crippen molar-refractivity contribution < 1.29 is 40.4 Å². The predicted molar refractivity (Wildman–Crippen MR) is 171 cm³/mol. The molecule has 0 aliphatic rings. The standard InChI is InChI=1S/C29H24F2N8O7S2/c1-3-47(42,43)16-5-8-19(23(40)13-16)36-37-21-10-6-17-18(28(21)41)7-9-20(32-2)27(17)39-38-22-12-15(4-11-24(22)48(44,45)46)33-26-14-25(30)34-29(31)35-26/h4-14,32,40-41H,3H2,1-2H3,(H,33,34,35)(H,44,45,46)/b37-36+,39-38+. The van der Waals surface area contributed by atoms with Crippen molar-refractivity contribution in [3.8, 4) is 11.5 Å². The van der Waals surface area contributed by atoms with E-state index in [-0.39, 0.29) is 56.0 Å². The first-order valence-electron chi connectivity index (χ1n) is 13.6. The lowest BCUT2D eigenvalue weighted by molar-refractivity contribution is 0.473. The second-order valence-electron chi connectivity index (χ2n) is 9.82. The molecule has 19 heteroatoms. The largest absolute Gasteiger partial charge is 0.506 e. The third kappa shape index (κ3) is 7.17. The highest BCUT2D eigenvalue weighted by molar-refractivity contribution is 7.91. The van der Waals surface area contributed by atoms with Crippen molar-refractivity contribution in [2.45, 2.75) is 16.7 Å². The first-order chi connectivity index (χ1) is 22.7. The van der Waals surface area contributed by atoms with Crippen LogP contribution in [0.15, 0.2) is 97.0 Å². The van der Waals surface area contributed by atoms with Crippen molar-refractivity contribution in [3.63, 3.8) is 0 Å². The number of hydrogen-bond acceptors (Lipinski definition) is 14. The molecule has 0 aliphatic carbocycles. The minimum absolute atomic E-state index is 0.0164. The lowest BCUT2D eigenvalue weighted by Gasteiger charge is -2.11. The number of sulfone groups is 1. The Kier molecular flexibility index (Phi) is 9.28. The molecule has 1 heterocycles. The number of fused-ring (bicyclic) bond motifs is 1. The lowest BCUT2D eigenvalue weighted by atomic mass is 10.1. The van der Waals surface area contributed by atoms with E-state index in [2.05, 4.69) is 41.1 Å². The highest BCUT2D eigenvalue weighted by Gasteiger charge is 2.19. The molecule has 0 fully saturated rings. The van der Waals surface area contributed by atoms with E-state index in [4.69, 9.17) is 0 Å². The first-order valence-corrected chi connectivity index (χ1v) is 16.7. The fraction of sp³-hybridized carbons (Fsp3) is 0.103. The Labute approximate surface area is 271 Å². The molecule has 0 unspecified atom stereocenters. The third-order valence-electron chi connectivity index (χ3n) is 6.78. The van der Waals surface area contributed by atoms with Crippen LogP contribution in [0.1, 0.15) is 6.92 Å². The molecule has 0 saturated carbocycles. The third-order valence-corrected chi connectivity index (χ3v) is 9.41. The molecule has 5 N–H and O–H groups in total. The van der Waals surface area contributed by atoms with Crippen molar-refractivity contribution in [2.75, 3.05) is 23.4 Å². The van der Waals surface area contributed by atoms with Crippen LogP contribution in [-0.4, -0.2) is 54.4 Å². The zero-order chi connectivity index (χ0) is 34.8. The number of halogens is 2. The van der Waals surface area contributed by atoms with Crippen molar-refractivity contribution in [1.29, 1.82) is 0 Å². The van der Waals surface area contributed by atoms with Crippen molar-refractivity contribution in [3.05, 3.63) is 78.8 Å². The highest BCUT2D eigenvalue weighted by Crippen LogP contribution is 2.43. The predicted octanol–water partition coefficient (Wildman–Crippen LogP) is 6.98. The Balaban J connectivity index is 1.53. The monoisotopic (exact) mass is 698 g/mol. The molecule has 5 rings (SSSR count). The van der Waals surface area contributed by atoms with E-state index in [1.807, 2.05) is 0 Å². The van der Waals surface area contributed by atoms with Gasteiger partial charge in [0, 0.05) is 35.6 Å². The molecule has 0 saturated heterocycles. The summed E-state index contributed by atoms with van der Waals surface area (Å²) < 4.78 is 85.2. The van der Waals surface area contributed by atoms with E-state index in [0.717, 1.165) is 24.3 Å². The number of nitrogens with one attached hydrogen (secondary N) is 2. The van der Waals surface area contributed by atoms with E-state index in [1.165, 1.54) is 37.3 Å². The van der Waals surface area contributed by atoms with Crippen LogP contribution in [0.3, 0.4) is 0 Å². The Morgan fingerprint density at radius 1 is 0.792 bits per heavy atom. The number of benzene rings is 4. The van der Waals surface area contributed by atoms with Crippen LogP contribution in [0.5, 0.6) is 11.5 Å². The van der Waals surface area contributed by atoms with Crippen molar-refractivity contribution in [2.24, 2.45) is 20.5 Å². The van der Waals surface area contributed by atoms with Gasteiger partial charge in [0.05, 0.1) is 16.3 Å². The van der Waals surface area contributed by atoms with Crippen LogP contribution in [0.2, 0.25) is 0 Å². The summed E-state index contributed by atoms with van der Waals surface area (Å²) in [5.41, 5.74) is 0.202. The average molecular weight is 699 g/mol. The molecule has 5 aromatic rings. The maximum absolute atomic E-state index is 13.5. The summed E-state index contributed by atoms with van der Waals surface area (Å²) in [5.74, 6) is -2.37. The fourth-order valence-corrected chi connectivity index (χ4v) is 5.91. The molecule has 15 nitrogen and oxygen atoms in total. The van der Waals surface area contributed by atoms with Crippen LogP contribution >= 0.6 is 0 Å².